The summed E-state index contributed by atoms with van der Waals surface area (Å²) in [6.07, 6.45) is 3.72. The number of aromatic carboxylic acids is 1. The van der Waals surface area contributed by atoms with Gasteiger partial charge >= 0.3 is 11.9 Å². The Morgan fingerprint density at radius 3 is 2.44 bits per heavy atom. The van der Waals surface area contributed by atoms with Gasteiger partial charge in [-0.2, -0.15) is 0 Å². The molecule has 0 radical (unpaired) electrons. The molecule has 4 atom stereocenters. The largest absolute Gasteiger partial charge is 0.480 e. The van der Waals surface area contributed by atoms with Crippen molar-refractivity contribution >= 4 is 34.5 Å². The first-order valence-corrected chi connectivity index (χ1v) is 10.3. The number of nitrogens with one attached hydrogen (secondary N) is 1. The topological polar surface area (TPSA) is 86.6 Å². The number of thioether (sulfide) groups is 1. The zero-order valence-electron chi connectivity index (χ0n) is 14.9. The van der Waals surface area contributed by atoms with Crippen LogP contribution in [-0.4, -0.2) is 40.0 Å². The molecule has 0 aromatic heterocycles. The lowest BCUT2D eigenvalue weighted by atomic mass is 9.73. The van der Waals surface area contributed by atoms with E-state index in [0.717, 1.165) is 41.5 Å². The van der Waals surface area contributed by atoms with Crippen molar-refractivity contribution in [2.24, 2.45) is 11.8 Å². The normalized spacial score (nSPS) is 27.9. The number of carboxylic acids is 2. The molecule has 0 spiro atoms. The minimum absolute atomic E-state index is 0.332. The fraction of sp³-hybridized carbons (Fsp3) is 0.429. The first-order chi connectivity index (χ1) is 13.0. The van der Waals surface area contributed by atoms with E-state index in [2.05, 4.69) is 5.32 Å². The summed E-state index contributed by atoms with van der Waals surface area (Å²) in [6.45, 7) is 0.773. The van der Waals surface area contributed by atoms with Gasteiger partial charge in [-0.3, -0.25) is 4.79 Å². The molecule has 1 saturated carbocycles. The lowest BCUT2D eigenvalue weighted by Crippen LogP contribution is -2.49. The van der Waals surface area contributed by atoms with Gasteiger partial charge in [0.25, 0.3) is 0 Å². The van der Waals surface area contributed by atoms with E-state index >= 15 is 0 Å². The minimum Gasteiger partial charge on any atom is -0.480 e. The number of benzene rings is 2. The van der Waals surface area contributed by atoms with Gasteiger partial charge in [-0.05, 0) is 67.0 Å². The van der Waals surface area contributed by atoms with Crippen LogP contribution in [-0.2, 0) is 4.79 Å². The maximum Gasteiger partial charge on any atom is 0.336 e. The van der Waals surface area contributed by atoms with E-state index in [1.54, 1.807) is 17.8 Å². The molecule has 142 valence electrons. The molecule has 5 nitrogen and oxygen atoms in total. The van der Waals surface area contributed by atoms with Crippen LogP contribution in [0, 0.1) is 11.8 Å². The third kappa shape index (κ3) is 3.82. The fourth-order valence-electron chi connectivity index (χ4n) is 4.48. The van der Waals surface area contributed by atoms with Gasteiger partial charge in [-0.1, -0.05) is 24.3 Å². The van der Waals surface area contributed by atoms with Crippen LogP contribution in [0.3, 0.4) is 0 Å². The van der Waals surface area contributed by atoms with Gasteiger partial charge in [0.1, 0.15) is 6.04 Å². The Labute approximate surface area is 162 Å². The van der Waals surface area contributed by atoms with Crippen LogP contribution in [0.25, 0.3) is 10.8 Å². The van der Waals surface area contributed by atoms with E-state index in [0.29, 0.717) is 29.1 Å². The zero-order valence-corrected chi connectivity index (χ0v) is 15.7. The molecule has 6 heteroatoms. The van der Waals surface area contributed by atoms with Crippen LogP contribution in [0.15, 0.2) is 41.3 Å². The molecule has 0 bridgehead atoms. The Hall–Kier alpha value is -2.05. The number of hydrogen-bond acceptors (Lipinski definition) is 4. The number of carbonyl (C=O) groups is 2. The van der Waals surface area contributed by atoms with Crippen LogP contribution < -0.4 is 5.32 Å². The number of rotatable bonds is 4. The molecule has 4 rings (SSSR count). The van der Waals surface area contributed by atoms with Gasteiger partial charge in [0.15, 0.2) is 0 Å². The van der Waals surface area contributed by atoms with Crippen molar-refractivity contribution in [2.75, 3.05) is 6.54 Å². The molecule has 2 fully saturated rings. The van der Waals surface area contributed by atoms with E-state index < -0.39 is 18.0 Å². The van der Waals surface area contributed by atoms with Crippen LogP contribution >= 0.6 is 11.8 Å². The Bertz CT molecular complexity index is 884. The highest BCUT2D eigenvalue weighted by atomic mass is 32.2. The summed E-state index contributed by atoms with van der Waals surface area (Å²) < 4.78 is 0. The third-order valence-electron chi connectivity index (χ3n) is 5.93. The Morgan fingerprint density at radius 1 is 1.00 bits per heavy atom. The summed E-state index contributed by atoms with van der Waals surface area (Å²) in [5, 5.41) is 24.4. The molecule has 1 aliphatic heterocycles. The van der Waals surface area contributed by atoms with Crippen molar-refractivity contribution in [3.63, 3.8) is 0 Å². The van der Waals surface area contributed by atoms with E-state index in [1.807, 2.05) is 30.3 Å². The van der Waals surface area contributed by atoms with Crippen molar-refractivity contribution in [3.05, 3.63) is 42.0 Å². The SMILES string of the molecule is O=C(O)c1cc2ccccc2cc1S[C@H]1CC[C@H]2CN[C@H](C(=O)O)C[C@@H]2C1. The molecule has 2 aromatic rings. The first-order valence-electron chi connectivity index (χ1n) is 9.40. The van der Waals surface area contributed by atoms with Crippen molar-refractivity contribution < 1.29 is 19.8 Å². The van der Waals surface area contributed by atoms with E-state index in [4.69, 9.17) is 0 Å². The highest BCUT2D eigenvalue weighted by molar-refractivity contribution is 8.00. The van der Waals surface area contributed by atoms with Crippen LogP contribution in [0.2, 0.25) is 0 Å². The second kappa shape index (κ2) is 7.52. The Morgan fingerprint density at radius 2 is 1.74 bits per heavy atom. The Kier molecular flexibility index (Phi) is 5.10. The summed E-state index contributed by atoms with van der Waals surface area (Å²) >= 11 is 1.65. The lowest BCUT2D eigenvalue weighted by molar-refractivity contribution is -0.141. The summed E-state index contributed by atoms with van der Waals surface area (Å²) in [4.78, 5) is 23.9. The number of fused-ring (bicyclic) bond motifs is 2. The highest BCUT2D eigenvalue weighted by Gasteiger charge is 2.38. The molecule has 0 unspecified atom stereocenters. The van der Waals surface area contributed by atoms with Crippen molar-refractivity contribution in [1.82, 2.24) is 5.32 Å². The summed E-state index contributed by atoms with van der Waals surface area (Å²) in [6, 6.07) is 11.1. The van der Waals surface area contributed by atoms with Crippen molar-refractivity contribution in [1.29, 1.82) is 0 Å². The fourth-order valence-corrected chi connectivity index (χ4v) is 5.90. The minimum atomic E-state index is -0.898. The maximum atomic E-state index is 11.8. The average molecular weight is 385 g/mol. The zero-order chi connectivity index (χ0) is 19.0. The summed E-state index contributed by atoms with van der Waals surface area (Å²) in [5.41, 5.74) is 0.356. The highest BCUT2D eigenvalue weighted by Crippen LogP contribution is 2.43. The van der Waals surface area contributed by atoms with E-state index in [1.165, 1.54) is 0 Å². The molecular formula is C21H23NO4S. The molecule has 2 aliphatic rings. The second-order valence-electron chi connectivity index (χ2n) is 7.61. The van der Waals surface area contributed by atoms with Gasteiger partial charge in [-0.15, -0.1) is 11.8 Å². The molecule has 2 aromatic carbocycles. The molecular weight excluding hydrogens is 362 g/mol. The van der Waals surface area contributed by atoms with Crippen LogP contribution in [0.4, 0.5) is 0 Å². The van der Waals surface area contributed by atoms with E-state index in [-0.39, 0.29) is 0 Å². The van der Waals surface area contributed by atoms with Gasteiger partial charge in [-0.25, -0.2) is 4.79 Å². The number of hydrogen-bond donors (Lipinski definition) is 3. The Balaban J connectivity index is 1.54. The van der Waals surface area contributed by atoms with Gasteiger partial charge in [0.05, 0.1) is 5.56 Å². The molecule has 27 heavy (non-hydrogen) atoms. The molecule has 3 N–H and O–H groups in total. The average Bonchev–Trinajstić information content (AvgIpc) is 2.66. The molecule has 0 amide bonds. The monoisotopic (exact) mass is 385 g/mol. The molecule has 1 heterocycles. The van der Waals surface area contributed by atoms with Crippen molar-refractivity contribution in [3.8, 4) is 0 Å². The smallest absolute Gasteiger partial charge is 0.336 e. The predicted molar refractivity (Wildman–Crippen MR) is 105 cm³/mol. The number of aliphatic carboxylic acids is 1. The van der Waals surface area contributed by atoms with Crippen LogP contribution in [0.5, 0.6) is 0 Å². The third-order valence-corrected chi connectivity index (χ3v) is 7.28. The van der Waals surface area contributed by atoms with E-state index in [9.17, 15) is 19.8 Å². The second-order valence-corrected chi connectivity index (χ2v) is 8.95. The quantitative estimate of drug-likeness (QED) is 0.741. The first kappa shape index (κ1) is 18.3. The number of carboxylic acid groups (broad SMARTS) is 2. The standard InChI is InChI=1S/C21H23NO4S/c23-20(24)17-8-12-3-1-2-4-13(12)10-19(17)27-16-6-5-14-11-22-18(21(25)26)9-15(14)7-16/h1-4,8,10,14-16,18,22H,5-7,9,11H2,(H,23,24)(H,25,26)/t14-,15-,16-,18-/m0/s1. The summed E-state index contributed by atoms with van der Waals surface area (Å²) in [7, 11) is 0. The van der Waals surface area contributed by atoms with Gasteiger partial charge in [0, 0.05) is 10.1 Å². The van der Waals surface area contributed by atoms with Gasteiger partial charge in [0.2, 0.25) is 0 Å². The van der Waals surface area contributed by atoms with Crippen LogP contribution in [0.1, 0.15) is 36.0 Å². The number of piperidine rings is 1. The van der Waals surface area contributed by atoms with Gasteiger partial charge < -0.3 is 15.5 Å². The molecule has 1 saturated heterocycles. The maximum absolute atomic E-state index is 11.8. The predicted octanol–water partition coefficient (Wildman–Crippen LogP) is 3.86. The lowest BCUT2D eigenvalue weighted by Gasteiger charge is -2.41. The summed E-state index contributed by atoms with van der Waals surface area (Å²) in [5.74, 6) is -0.740. The molecule has 1 aliphatic carbocycles. The van der Waals surface area contributed by atoms with Crippen molar-refractivity contribution in [2.45, 2.75) is 41.9 Å².